The molecule has 0 amide bonds. The first-order chi connectivity index (χ1) is 16.0. The number of rotatable bonds is 1. The second-order valence-electron chi connectivity index (χ2n) is 12.8. The number of carbonyl (C=O) groups excluding carboxylic acids is 2. The van der Waals surface area contributed by atoms with Crippen molar-refractivity contribution in [2.75, 3.05) is 0 Å². The molecule has 0 bridgehead atoms. The average molecular weight is 463 g/mol. The molecule has 0 aromatic rings. The third kappa shape index (κ3) is 2.55. The highest BCUT2D eigenvalue weighted by Gasteiger charge is 2.74. The topological polar surface area (TPSA) is 52.6 Å². The lowest BCUT2D eigenvalue weighted by Crippen LogP contribution is -2.66. The fourth-order valence-corrected chi connectivity index (χ4v) is 9.18. The van der Waals surface area contributed by atoms with E-state index in [1.54, 1.807) is 0 Å². The molecule has 4 nitrogen and oxygen atoms in total. The molecule has 182 valence electrons. The van der Waals surface area contributed by atoms with E-state index in [9.17, 15) is 9.59 Å². The minimum Gasteiger partial charge on any atom is -0.446 e. The van der Waals surface area contributed by atoms with Crippen molar-refractivity contribution >= 4 is 11.9 Å². The molecule has 0 unspecified atom stereocenters. The van der Waals surface area contributed by atoms with Crippen molar-refractivity contribution in [3.63, 3.8) is 0 Å². The summed E-state index contributed by atoms with van der Waals surface area (Å²) in [7, 11) is 0. The molecule has 4 heteroatoms. The van der Waals surface area contributed by atoms with E-state index < -0.39 is 11.2 Å². The summed E-state index contributed by atoms with van der Waals surface area (Å²) in [6, 6.07) is 0. The minimum atomic E-state index is -0.910. The second-order valence-corrected chi connectivity index (χ2v) is 12.8. The van der Waals surface area contributed by atoms with Crippen LogP contribution in [0.25, 0.3) is 0 Å². The highest BCUT2D eigenvalue weighted by Crippen LogP contribution is 2.70. The molecule has 34 heavy (non-hydrogen) atoms. The zero-order chi connectivity index (χ0) is 24.3. The first kappa shape index (κ1) is 22.4. The van der Waals surface area contributed by atoms with Gasteiger partial charge in [0.15, 0.2) is 11.2 Å². The summed E-state index contributed by atoms with van der Waals surface area (Å²) in [5.74, 6) is 0.213. The molecule has 2 aliphatic heterocycles. The van der Waals surface area contributed by atoms with Crippen molar-refractivity contribution in [2.24, 2.45) is 22.7 Å². The highest BCUT2D eigenvalue weighted by atomic mass is 16.6. The number of ether oxygens (including phenoxy) is 2. The standard InChI is InChI=1S/C30H38O4/c1-17-9-7-11-27(5)15-29(23(13-21(17)27)19(3)25(31)33-29)30-16-28(6)12-8-10-18(2)22(28)14-24(30)20(4)26(32)34-30/h21-22H,1-2,7-16H2,3-6H3/t21-,22-,27+,28+,29-,30-/m0/s1. The highest BCUT2D eigenvalue weighted by molar-refractivity contribution is 5.96. The molecule has 0 aromatic heterocycles. The Morgan fingerprint density at radius 1 is 0.735 bits per heavy atom. The van der Waals surface area contributed by atoms with Crippen molar-refractivity contribution in [3.8, 4) is 0 Å². The summed E-state index contributed by atoms with van der Waals surface area (Å²) < 4.78 is 13.1. The Labute approximate surface area is 203 Å². The van der Waals surface area contributed by atoms with Crippen molar-refractivity contribution in [3.05, 3.63) is 46.6 Å². The van der Waals surface area contributed by atoms with E-state index in [1.165, 1.54) is 11.1 Å². The minimum absolute atomic E-state index is 0.0274. The van der Waals surface area contributed by atoms with Gasteiger partial charge in [-0.2, -0.15) is 0 Å². The van der Waals surface area contributed by atoms with Gasteiger partial charge in [0.1, 0.15) is 0 Å². The average Bonchev–Trinajstić information content (AvgIpc) is 3.16. The molecule has 2 heterocycles. The van der Waals surface area contributed by atoms with Gasteiger partial charge in [-0.3, -0.25) is 0 Å². The van der Waals surface area contributed by atoms with Crippen molar-refractivity contribution in [1.29, 1.82) is 0 Å². The van der Waals surface area contributed by atoms with Crippen LogP contribution in [-0.2, 0) is 19.1 Å². The Balaban J connectivity index is 1.57. The van der Waals surface area contributed by atoms with Crippen LogP contribution in [0.2, 0.25) is 0 Å². The number of carbonyl (C=O) groups is 2. The van der Waals surface area contributed by atoms with Gasteiger partial charge < -0.3 is 9.47 Å². The lowest BCUT2D eigenvalue weighted by molar-refractivity contribution is -0.209. The SMILES string of the molecule is C=C1CCC[C@]2(C)C[C@]3([C@]45C[C@@]6(C)CCCC(=C)[C@@H]6CC4=C(C)C(=O)O5)OC(=O)C(C)=C3C[C@@H]12. The molecule has 0 spiro atoms. The Bertz CT molecular complexity index is 1030. The second kappa shape index (κ2) is 6.77. The van der Waals surface area contributed by atoms with Crippen LogP contribution in [0.4, 0.5) is 0 Å². The van der Waals surface area contributed by atoms with E-state index in [2.05, 4.69) is 27.0 Å². The molecule has 4 aliphatic carbocycles. The molecule has 6 rings (SSSR count). The Kier molecular flexibility index (Phi) is 4.45. The summed E-state index contributed by atoms with van der Waals surface area (Å²) in [5, 5.41) is 0. The van der Waals surface area contributed by atoms with E-state index in [0.717, 1.165) is 73.7 Å². The Hall–Kier alpha value is -2.10. The largest absolute Gasteiger partial charge is 0.446 e. The third-order valence-corrected chi connectivity index (χ3v) is 11.0. The normalized spacial score (nSPS) is 46.0. The quantitative estimate of drug-likeness (QED) is 0.329. The van der Waals surface area contributed by atoms with Crippen LogP contribution in [0.15, 0.2) is 46.6 Å². The van der Waals surface area contributed by atoms with Crippen LogP contribution < -0.4 is 0 Å². The van der Waals surface area contributed by atoms with Crippen molar-refractivity contribution in [1.82, 2.24) is 0 Å². The summed E-state index contributed by atoms with van der Waals surface area (Å²) in [4.78, 5) is 26.5. The van der Waals surface area contributed by atoms with E-state index in [1.807, 2.05) is 13.8 Å². The molecule has 0 aromatic carbocycles. The number of hydrogen-bond donors (Lipinski definition) is 0. The number of fused-ring (bicyclic) bond motifs is 5. The first-order valence-electron chi connectivity index (χ1n) is 13.2. The predicted octanol–water partition coefficient (Wildman–Crippen LogP) is 6.52. The molecule has 0 N–H and O–H groups in total. The summed E-state index contributed by atoms with van der Waals surface area (Å²) in [6.07, 6.45) is 9.48. The molecular formula is C30H38O4. The van der Waals surface area contributed by atoms with Crippen LogP contribution in [0.5, 0.6) is 0 Å². The van der Waals surface area contributed by atoms with Crippen molar-refractivity contribution < 1.29 is 19.1 Å². The van der Waals surface area contributed by atoms with E-state index >= 15 is 0 Å². The number of hydrogen-bond acceptors (Lipinski definition) is 4. The maximum absolute atomic E-state index is 13.3. The molecule has 0 radical (unpaired) electrons. The van der Waals surface area contributed by atoms with Gasteiger partial charge in [0.25, 0.3) is 0 Å². The van der Waals surface area contributed by atoms with Gasteiger partial charge in [-0.15, -0.1) is 0 Å². The zero-order valence-electron chi connectivity index (χ0n) is 21.3. The summed E-state index contributed by atoms with van der Waals surface area (Å²) >= 11 is 0. The lowest BCUT2D eigenvalue weighted by Gasteiger charge is -2.61. The van der Waals surface area contributed by atoms with Gasteiger partial charge in [-0.1, -0.05) is 38.2 Å². The molecule has 6 aliphatic rings. The smallest absolute Gasteiger partial charge is 0.334 e. The van der Waals surface area contributed by atoms with E-state index in [0.29, 0.717) is 24.7 Å². The van der Waals surface area contributed by atoms with Crippen LogP contribution >= 0.6 is 0 Å². The van der Waals surface area contributed by atoms with E-state index in [4.69, 9.17) is 9.47 Å². The summed E-state index contributed by atoms with van der Waals surface area (Å²) in [5.41, 5.74) is 4.30. The van der Waals surface area contributed by atoms with Crippen LogP contribution in [0.3, 0.4) is 0 Å². The first-order valence-corrected chi connectivity index (χ1v) is 13.2. The third-order valence-electron chi connectivity index (χ3n) is 11.0. The van der Waals surface area contributed by atoms with Gasteiger partial charge >= 0.3 is 11.9 Å². The maximum Gasteiger partial charge on any atom is 0.334 e. The monoisotopic (exact) mass is 462 g/mol. The van der Waals surface area contributed by atoms with Gasteiger partial charge in [-0.05, 0) is 99.0 Å². The number of allylic oxidation sites excluding steroid dienone is 2. The van der Waals surface area contributed by atoms with Gasteiger partial charge in [0.05, 0.1) is 0 Å². The molecule has 4 fully saturated rings. The Morgan fingerprint density at radius 3 is 1.50 bits per heavy atom. The number of esters is 2. The molecule has 6 atom stereocenters. The fourth-order valence-electron chi connectivity index (χ4n) is 9.18. The molecular weight excluding hydrogens is 424 g/mol. The summed E-state index contributed by atoms with van der Waals surface area (Å²) in [6.45, 7) is 17.4. The van der Waals surface area contributed by atoms with Crippen LogP contribution in [0.1, 0.15) is 91.9 Å². The lowest BCUT2D eigenvalue weighted by atomic mass is 9.46. The fraction of sp³-hybridized carbons (Fsp3) is 0.667. The predicted molar refractivity (Wildman–Crippen MR) is 131 cm³/mol. The Morgan fingerprint density at radius 2 is 1.12 bits per heavy atom. The van der Waals surface area contributed by atoms with Crippen molar-refractivity contribution in [2.45, 2.75) is 103 Å². The van der Waals surface area contributed by atoms with Gasteiger partial charge in [0, 0.05) is 24.0 Å². The van der Waals surface area contributed by atoms with Gasteiger partial charge in [-0.25, -0.2) is 9.59 Å². The van der Waals surface area contributed by atoms with Gasteiger partial charge in [0.2, 0.25) is 0 Å². The molecule has 0 saturated heterocycles. The maximum atomic E-state index is 13.3. The van der Waals surface area contributed by atoms with Crippen LogP contribution in [0, 0.1) is 22.7 Å². The zero-order valence-corrected chi connectivity index (χ0v) is 21.3. The van der Waals surface area contributed by atoms with Crippen LogP contribution in [-0.4, -0.2) is 23.1 Å². The molecule has 4 saturated carbocycles. The van der Waals surface area contributed by atoms with E-state index in [-0.39, 0.29) is 22.8 Å².